The number of rotatable bonds is 0. The number of H-pyrrole nitrogens is 1. The van der Waals surface area contributed by atoms with Gasteiger partial charge in [-0.05, 0) is 38.0 Å². The van der Waals surface area contributed by atoms with E-state index < -0.39 is 0 Å². The van der Waals surface area contributed by atoms with E-state index in [4.69, 9.17) is 0 Å². The van der Waals surface area contributed by atoms with Crippen molar-refractivity contribution < 1.29 is 0 Å². The molecule has 2 rings (SSSR count). The van der Waals surface area contributed by atoms with E-state index in [1.54, 1.807) is 6.20 Å². The Morgan fingerprint density at radius 3 is 2.50 bits per heavy atom. The summed E-state index contributed by atoms with van der Waals surface area (Å²) in [6.45, 7) is 5.91. The Labute approximate surface area is 82.6 Å². The number of fused-ring (bicyclic) bond motifs is 1. The van der Waals surface area contributed by atoms with Crippen LogP contribution in [0.15, 0.2) is 23.1 Å². The lowest BCUT2D eigenvalue weighted by Crippen LogP contribution is -2.07. The molecule has 0 bridgehead atoms. The summed E-state index contributed by atoms with van der Waals surface area (Å²) in [5.41, 5.74) is 4.21. The summed E-state index contributed by atoms with van der Waals surface area (Å²) < 4.78 is 0. The van der Waals surface area contributed by atoms with E-state index in [0.717, 1.165) is 22.0 Å². The molecule has 0 atom stereocenters. The van der Waals surface area contributed by atoms with Crippen molar-refractivity contribution >= 4 is 10.9 Å². The molecule has 72 valence electrons. The van der Waals surface area contributed by atoms with Crippen molar-refractivity contribution in [2.45, 2.75) is 20.8 Å². The second-order valence-corrected chi connectivity index (χ2v) is 3.73. The lowest BCUT2D eigenvalue weighted by molar-refractivity contribution is 1.26. The van der Waals surface area contributed by atoms with Gasteiger partial charge in [0.25, 0.3) is 0 Å². The zero-order valence-corrected chi connectivity index (χ0v) is 8.64. The zero-order chi connectivity index (χ0) is 10.3. The van der Waals surface area contributed by atoms with Crippen LogP contribution in [-0.2, 0) is 0 Å². The third-order valence-corrected chi connectivity index (χ3v) is 2.77. The van der Waals surface area contributed by atoms with Crippen molar-refractivity contribution in [3.05, 3.63) is 45.2 Å². The van der Waals surface area contributed by atoms with Gasteiger partial charge in [-0.1, -0.05) is 6.07 Å². The van der Waals surface area contributed by atoms with Crippen molar-refractivity contribution in [3.63, 3.8) is 0 Å². The Balaban J connectivity index is 3.02. The number of aromatic amines is 1. The monoisotopic (exact) mass is 187 g/mol. The quantitative estimate of drug-likeness (QED) is 0.675. The van der Waals surface area contributed by atoms with E-state index in [1.807, 2.05) is 32.9 Å². The van der Waals surface area contributed by atoms with E-state index in [0.29, 0.717) is 0 Å². The van der Waals surface area contributed by atoms with Gasteiger partial charge in [0.2, 0.25) is 0 Å². The van der Waals surface area contributed by atoms with Crippen LogP contribution in [0, 0.1) is 20.8 Å². The van der Waals surface area contributed by atoms with Crippen LogP contribution in [0.5, 0.6) is 0 Å². The van der Waals surface area contributed by atoms with Crippen molar-refractivity contribution in [1.82, 2.24) is 4.98 Å². The van der Waals surface area contributed by atoms with E-state index in [9.17, 15) is 4.79 Å². The first-order valence-electron chi connectivity index (χ1n) is 4.69. The molecule has 1 heterocycles. The van der Waals surface area contributed by atoms with Crippen molar-refractivity contribution in [2.75, 3.05) is 0 Å². The van der Waals surface area contributed by atoms with Crippen LogP contribution < -0.4 is 5.43 Å². The molecule has 14 heavy (non-hydrogen) atoms. The SMILES string of the molecule is Cc1ccc2c(=O)c(C)c[nH]c2c1C. The second-order valence-electron chi connectivity index (χ2n) is 3.73. The maximum absolute atomic E-state index is 11.8. The number of benzene rings is 1. The van der Waals surface area contributed by atoms with E-state index in [2.05, 4.69) is 4.98 Å². The largest absolute Gasteiger partial charge is 0.360 e. The Morgan fingerprint density at radius 1 is 1.07 bits per heavy atom. The molecule has 1 aromatic heterocycles. The third-order valence-electron chi connectivity index (χ3n) is 2.77. The predicted molar refractivity (Wildman–Crippen MR) is 58.8 cm³/mol. The Kier molecular flexibility index (Phi) is 1.92. The molecule has 2 nitrogen and oxygen atoms in total. The minimum Gasteiger partial charge on any atom is -0.360 e. The molecular weight excluding hydrogens is 174 g/mol. The summed E-state index contributed by atoms with van der Waals surface area (Å²) in [6.07, 6.45) is 1.77. The second kappa shape index (κ2) is 2.98. The maximum atomic E-state index is 11.8. The number of hydrogen-bond donors (Lipinski definition) is 1. The Morgan fingerprint density at radius 2 is 1.79 bits per heavy atom. The van der Waals surface area contributed by atoms with Gasteiger partial charge in [0.05, 0.1) is 5.52 Å². The van der Waals surface area contributed by atoms with Crippen LogP contribution in [0.4, 0.5) is 0 Å². The highest BCUT2D eigenvalue weighted by Crippen LogP contribution is 2.16. The first-order valence-corrected chi connectivity index (χ1v) is 4.69. The predicted octanol–water partition coefficient (Wildman–Crippen LogP) is 2.45. The lowest BCUT2D eigenvalue weighted by atomic mass is 10.0. The van der Waals surface area contributed by atoms with E-state index >= 15 is 0 Å². The summed E-state index contributed by atoms with van der Waals surface area (Å²) in [7, 11) is 0. The summed E-state index contributed by atoms with van der Waals surface area (Å²) in [4.78, 5) is 14.9. The first-order chi connectivity index (χ1) is 6.61. The Hall–Kier alpha value is -1.57. The average molecular weight is 187 g/mol. The number of nitrogens with one attached hydrogen (secondary N) is 1. The maximum Gasteiger partial charge on any atom is 0.192 e. The fourth-order valence-electron chi connectivity index (χ4n) is 1.65. The molecule has 2 heteroatoms. The van der Waals surface area contributed by atoms with Crippen LogP contribution in [0.2, 0.25) is 0 Å². The zero-order valence-electron chi connectivity index (χ0n) is 8.64. The minimum atomic E-state index is 0.127. The normalized spacial score (nSPS) is 10.8. The standard InChI is InChI=1S/C12H13NO/c1-7-4-5-10-11(9(7)3)13-6-8(2)12(10)14/h4-6H,1-3H3,(H,13,14). The molecule has 0 amide bonds. The molecule has 0 aliphatic carbocycles. The minimum absolute atomic E-state index is 0.127. The fourth-order valence-corrected chi connectivity index (χ4v) is 1.65. The molecule has 2 aromatic rings. The first kappa shape index (κ1) is 9.00. The Bertz CT molecular complexity index is 552. The third kappa shape index (κ3) is 1.15. The molecule has 0 saturated heterocycles. The van der Waals surface area contributed by atoms with Gasteiger partial charge < -0.3 is 4.98 Å². The van der Waals surface area contributed by atoms with Gasteiger partial charge >= 0.3 is 0 Å². The topological polar surface area (TPSA) is 32.9 Å². The molecule has 0 radical (unpaired) electrons. The molecule has 1 N–H and O–H groups in total. The van der Waals surface area contributed by atoms with Crippen LogP contribution in [0.3, 0.4) is 0 Å². The van der Waals surface area contributed by atoms with Crippen molar-refractivity contribution in [1.29, 1.82) is 0 Å². The van der Waals surface area contributed by atoms with Crippen molar-refractivity contribution in [2.24, 2.45) is 0 Å². The summed E-state index contributed by atoms with van der Waals surface area (Å²) in [5, 5.41) is 0.785. The van der Waals surface area contributed by atoms with Gasteiger partial charge in [-0.15, -0.1) is 0 Å². The van der Waals surface area contributed by atoms with Gasteiger partial charge in [0, 0.05) is 17.1 Å². The highest BCUT2D eigenvalue weighted by molar-refractivity contribution is 5.82. The van der Waals surface area contributed by atoms with Gasteiger partial charge in [0.1, 0.15) is 0 Å². The van der Waals surface area contributed by atoms with Gasteiger partial charge in [0.15, 0.2) is 5.43 Å². The highest BCUT2D eigenvalue weighted by atomic mass is 16.1. The molecule has 1 aromatic carbocycles. The molecule has 0 spiro atoms. The number of aromatic nitrogens is 1. The van der Waals surface area contributed by atoms with Crippen molar-refractivity contribution in [3.8, 4) is 0 Å². The molecule has 0 aliphatic rings. The summed E-state index contributed by atoms with van der Waals surface area (Å²) in [6, 6.07) is 3.88. The fraction of sp³-hybridized carbons (Fsp3) is 0.250. The van der Waals surface area contributed by atoms with Gasteiger partial charge in [-0.25, -0.2) is 0 Å². The molecule has 0 unspecified atom stereocenters. The number of pyridine rings is 1. The highest BCUT2D eigenvalue weighted by Gasteiger charge is 2.04. The molecule has 0 fully saturated rings. The average Bonchev–Trinajstić information content (AvgIpc) is 2.17. The summed E-state index contributed by atoms with van der Waals surface area (Å²) >= 11 is 0. The molecular formula is C12H13NO. The van der Waals surface area contributed by atoms with Crippen LogP contribution in [0.1, 0.15) is 16.7 Å². The van der Waals surface area contributed by atoms with Crippen LogP contribution in [0.25, 0.3) is 10.9 Å². The van der Waals surface area contributed by atoms with Crippen LogP contribution >= 0.6 is 0 Å². The van der Waals surface area contributed by atoms with E-state index in [-0.39, 0.29) is 5.43 Å². The molecule has 0 aliphatic heterocycles. The molecule has 0 saturated carbocycles. The number of hydrogen-bond acceptors (Lipinski definition) is 1. The van der Waals surface area contributed by atoms with Crippen LogP contribution in [-0.4, -0.2) is 4.98 Å². The lowest BCUT2D eigenvalue weighted by Gasteiger charge is -2.05. The smallest absolute Gasteiger partial charge is 0.192 e. The van der Waals surface area contributed by atoms with Gasteiger partial charge in [-0.3, -0.25) is 4.79 Å². The summed E-state index contributed by atoms with van der Waals surface area (Å²) in [5.74, 6) is 0. The van der Waals surface area contributed by atoms with E-state index in [1.165, 1.54) is 5.56 Å². The van der Waals surface area contributed by atoms with Gasteiger partial charge in [-0.2, -0.15) is 0 Å². The number of aryl methyl sites for hydroxylation is 3.